The third-order valence-corrected chi connectivity index (χ3v) is 8.34. The number of rotatable bonds is 3. The number of hydrogen-bond acceptors (Lipinski definition) is 4. The Kier molecular flexibility index (Phi) is 6.57. The van der Waals surface area contributed by atoms with Gasteiger partial charge in [0.2, 0.25) is 0 Å². The summed E-state index contributed by atoms with van der Waals surface area (Å²) >= 11 is 14.5. The average molecular weight is 676 g/mol. The summed E-state index contributed by atoms with van der Waals surface area (Å²) in [4.78, 5) is 25.6. The summed E-state index contributed by atoms with van der Waals surface area (Å²) in [7, 11) is 0. The summed E-state index contributed by atoms with van der Waals surface area (Å²) in [5.74, 6) is -0.800. The number of carbonyl (C=O) groups excluding carboxylic acids is 2. The average Bonchev–Trinajstić information content (AvgIpc) is 3.10. The minimum absolute atomic E-state index is 0.137. The summed E-state index contributed by atoms with van der Waals surface area (Å²) in [6.45, 7) is 0. The number of thiocarbonyl (C=S) groups is 1. The van der Waals surface area contributed by atoms with Gasteiger partial charge in [-0.25, -0.2) is 0 Å². The Morgan fingerprint density at radius 2 is 2.00 bits per heavy atom. The van der Waals surface area contributed by atoms with Crippen LogP contribution in [0.3, 0.4) is 0 Å². The zero-order valence-electron chi connectivity index (χ0n) is 13.1. The number of anilines is 1. The summed E-state index contributed by atoms with van der Waals surface area (Å²) in [6, 6.07) is 3.74. The van der Waals surface area contributed by atoms with Gasteiger partial charge < -0.3 is 11.1 Å². The van der Waals surface area contributed by atoms with Gasteiger partial charge in [-0.05, 0) is 110 Å². The number of hydrogen-bond donors (Lipinski definition) is 3. The number of amides is 2. The number of nitrogens with one attached hydrogen (secondary N) is 2. The Balaban J connectivity index is 1.78. The molecule has 1 heterocycles. The molecule has 26 heavy (non-hydrogen) atoms. The summed E-state index contributed by atoms with van der Waals surface area (Å²) in [6.07, 6.45) is 2.82. The zero-order valence-corrected chi connectivity index (χ0v) is 20.7. The Labute approximate surface area is 195 Å². The van der Waals surface area contributed by atoms with Gasteiger partial charge in [0.05, 0.1) is 11.1 Å². The van der Waals surface area contributed by atoms with Gasteiger partial charge in [0.1, 0.15) is 5.00 Å². The van der Waals surface area contributed by atoms with E-state index < -0.39 is 5.91 Å². The molecule has 2 amide bonds. The molecule has 1 aliphatic rings. The Hall–Kier alpha value is -0.310. The number of nitrogens with two attached hydrogens (primary N) is 1. The van der Waals surface area contributed by atoms with Gasteiger partial charge >= 0.3 is 0 Å². The number of fused-ring (bicyclic) bond motifs is 1. The lowest BCUT2D eigenvalue weighted by molar-refractivity contribution is 0.0974. The maximum atomic E-state index is 12.6. The van der Waals surface area contributed by atoms with Gasteiger partial charge in [-0.3, -0.25) is 14.9 Å². The van der Waals surface area contributed by atoms with Crippen LogP contribution in [0.25, 0.3) is 0 Å². The van der Waals surface area contributed by atoms with E-state index in [1.807, 2.05) is 6.07 Å². The maximum absolute atomic E-state index is 12.6. The van der Waals surface area contributed by atoms with E-state index in [0.29, 0.717) is 20.6 Å². The first kappa shape index (κ1) is 20.4. The van der Waals surface area contributed by atoms with Gasteiger partial charge in [0.25, 0.3) is 11.8 Å². The van der Waals surface area contributed by atoms with Crippen LogP contribution >= 0.6 is 84.7 Å². The molecule has 3 rings (SSSR count). The fourth-order valence-corrected chi connectivity index (χ4v) is 6.59. The normalized spacial score (nSPS) is 12.6. The number of primary amides is 1. The van der Waals surface area contributed by atoms with Gasteiger partial charge in [0.15, 0.2) is 5.11 Å². The number of halogens is 3. The van der Waals surface area contributed by atoms with Crippen molar-refractivity contribution in [2.45, 2.75) is 19.3 Å². The number of benzene rings is 1. The second-order valence-corrected chi connectivity index (χ2v) is 10.3. The lowest BCUT2D eigenvalue weighted by atomic mass is 10.1. The first-order valence-electron chi connectivity index (χ1n) is 7.49. The number of thiophene rings is 1. The van der Waals surface area contributed by atoms with Gasteiger partial charge in [-0.2, -0.15) is 0 Å². The van der Waals surface area contributed by atoms with Crippen LogP contribution in [0.2, 0.25) is 0 Å². The highest BCUT2D eigenvalue weighted by atomic mass is 127. The van der Waals surface area contributed by atoms with E-state index in [9.17, 15) is 9.59 Å². The highest BCUT2D eigenvalue weighted by Crippen LogP contribution is 2.38. The predicted molar refractivity (Wildman–Crippen MR) is 128 cm³/mol. The molecular weight excluding hydrogens is 664 g/mol. The maximum Gasteiger partial charge on any atom is 0.258 e. The molecule has 10 heteroatoms. The standard InChI is InChI=1S/C16H12BrI2N3O2S2/c17-12-8(4-6(18)5-9(12)19)14(24)21-16(25)22-15-11(13(20)23)7-2-1-3-10(7)26-15/h4-5H,1-3H2,(H2,20,23)(H2,21,22,24,25). The molecule has 5 nitrogen and oxygen atoms in total. The molecule has 1 aliphatic carbocycles. The van der Waals surface area contributed by atoms with Crippen molar-refractivity contribution >= 4 is 107 Å². The highest BCUT2D eigenvalue weighted by molar-refractivity contribution is 14.1. The topological polar surface area (TPSA) is 84.2 Å². The van der Waals surface area contributed by atoms with E-state index >= 15 is 0 Å². The number of carbonyl (C=O) groups is 2. The van der Waals surface area contributed by atoms with Crippen molar-refractivity contribution in [3.8, 4) is 0 Å². The van der Waals surface area contributed by atoms with Crippen molar-refractivity contribution in [3.05, 3.63) is 45.3 Å². The third-order valence-electron chi connectivity index (χ3n) is 3.86. The summed E-state index contributed by atoms with van der Waals surface area (Å²) in [5.41, 5.74) is 7.54. The molecule has 0 bridgehead atoms. The van der Waals surface area contributed by atoms with Crippen molar-refractivity contribution in [3.63, 3.8) is 0 Å². The molecule has 1 aromatic heterocycles. The second kappa shape index (κ2) is 8.37. The van der Waals surface area contributed by atoms with E-state index in [4.69, 9.17) is 18.0 Å². The van der Waals surface area contributed by atoms with Crippen molar-refractivity contribution in [1.82, 2.24) is 5.32 Å². The van der Waals surface area contributed by atoms with Gasteiger partial charge in [-0.1, -0.05) is 0 Å². The van der Waals surface area contributed by atoms with E-state index in [-0.39, 0.29) is 11.0 Å². The largest absolute Gasteiger partial charge is 0.365 e. The zero-order chi connectivity index (χ0) is 19.0. The van der Waals surface area contributed by atoms with Crippen LogP contribution < -0.4 is 16.4 Å². The Morgan fingerprint density at radius 3 is 2.69 bits per heavy atom. The predicted octanol–water partition coefficient (Wildman–Crippen LogP) is 4.43. The van der Waals surface area contributed by atoms with Crippen molar-refractivity contribution in [1.29, 1.82) is 0 Å². The lowest BCUT2D eigenvalue weighted by Gasteiger charge is -2.11. The van der Waals surface area contributed by atoms with E-state index in [1.54, 1.807) is 6.07 Å². The molecule has 2 aromatic rings. The summed E-state index contributed by atoms with van der Waals surface area (Å²) < 4.78 is 2.60. The molecule has 0 unspecified atom stereocenters. The molecule has 0 fully saturated rings. The van der Waals surface area contributed by atoms with E-state index in [1.165, 1.54) is 11.3 Å². The van der Waals surface area contributed by atoms with Crippen molar-refractivity contribution in [2.24, 2.45) is 5.73 Å². The molecular formula is C16H12BrI2N3O2S2. The molecule has 0 radical (unpaired) electrons. The molecule has 0 saturated carbocycles. The van der Waals surface area contributed by atoms with Crippen LogP contribution in [0.15, 0.2) is 16.6 Å². The first-order valence-corrected chi connectivity index (χ1v) is 11.7. The third kappa shape index (κ3) is 4.23. The van der Waals surface area contributed by atoms with Crippen LogP contribution in [0, 0.1) is 7.14 Å². The minimum Gasteiger partial charge on any atom is -0.365 e. The molecule has 0 atom stereocenters. The van der Waals surface area contributed by atoms with E-state index in [0.717, 1.165) is 36.8 Å². The quantitative estimate of drug-likeness (QED) is 0.256. The van der Waals surface area contributed by atoms with Gasteiger partial charge in [0, 0.05) is 16.5 Å². The van der Waals surface area contributed by atoms with Crippen LogP contribution in [-0.2, 0) is 12.8 Å². The minimum atomic E-state index is -0.476. The van der Waals surface area contributed by atoms with Crippen LogP contribution in [0.1, 0.15) is 37.6 Å². The van der Waals surface area contributed by atoms with Gasteiger partial charge in [-0.15, -0.1) is 11.3 Å². The Morgan fingerprint density at radius 1 is 1.27 bits per heavy atom. The lowest BCUT2D eigenvalue weighted by Crippen LogP contribution is -2.34. The van der Waals surface area contributed by atoms with Crippen LogP contribution in [-0.4, -0.2) is 16.9 Å². The second-order valence-electron chi connectivity index (χ2n) is 5.58. The highest BCUT2D eigenvalue weighted by Gasteiger charge is 2.26. The monoisotopic (exact) mass is 675 g/mol. The van der Waals surface area contributed by atoms with Crippen LogP contribution in [0.5, 0.6) is 0 Å². The molecule has 0 aliphatic heterocycles. The fraction of sp³-hybridized carbons (Fsp3) is 0.188. The molecule has 0 saturated heterocycles. The molecule has 0 spiro atoms. The SMILES string of the molecule is NC(=O)c1c(NC(=S)NC(=O)c2cc(I)cc(I)c2Br)sc2c1CCC2. The smallest absolute Gasteiger partial charge is 0.258 e. The van der Waals surface area contributed by atoms with Crippen molar-refractivity contribution < 1.29 is 9.59 Å². The molecule has 1 aromatic carbocycles. The molecule has 136 valence electrons. The molecule has 4 N–H and O–H groups in total. The first-order chi connectivity index (χ1) is 12.3. The number of aryl methyl sites for hydroxylation is 1. The Bertz CT molecular complexity index is 946. The summed E-state index contributed by atoms with van der Waals surface area (Å²) in [5, 5.41) is 6.38. The van der Waals surface area contributed by atoms with Crippen LogP contribution in [0.4, 0.5) is 5.00 Å². The van der Waals surface area contributed by atoms with E-state index in [2.05, 4.69) is 71.7 Å². The fourth-order valence-electron chi connectivity index (χ4n) is 2.78. The van der Waals surface area contributed by atoms with Crippen molar-refractivity contribution in [2.75, 3.05) is 5.32 Å².